The molecular weight excluding hydrogens is 336 g/mol. The van der Waals surface area contributed by atoms with Gasteiger partial charge in [-0.3, -0.25) is 14.4 Å². The number of aliphatic hydroxyl groups excluding tert-OH is 3. The predicted octanol–water partition coefficient (Wildman–Crippen LogP) is 1.40. The lowest BCUT2D eigenvalue weighted by Gasteiger charge is -2.50. The number of Topliss-reactive ketones (excluding diaryl/α,β-unsaturated/α-hetero) is 3. The van der Waals surface area contributed by atoms with Crippen LogP contribution < -0.4 is 0 Å². The number of allylic oxidation sites excluding steroid dienone is 3. The molecule has 3 unspecified atom stereocenters. The minimum Gasteiger partial charge on any atom is -0.396 e. The largest absolute Gasteiger partial charge is 0.396 e. The summed E-state index contributed by atoms with van der Waals surface area (Å²) in [4.78, 5) is 38.9. The van der Waals surface area contributed by atoms with Gasteiger partial charge in [0.2, 0.25) is 0 Å². The number of hydrogen-bond acceptors (Lipinski definition) is 6. The fourth-order valence-corrected chi connectivity index (χ4v) is 3.59. The van der Waals surface area contributed by atoms with Crippen molar-refractivity contribution in [2.24, 2.45) is 16.7 Å². The Hall–Kier alpha value is -1.89. The molecule has 0 fully saturated rings. The summed E-state index contributed by atoms with van der Waals surface area (Å²) in [5.41, 5.74) is -3.83. The molecule has 0 radical (unpaired) electrons. The van der Waals surface area contributed by atoms with E-state index in [1.165, 1.54) is 20.8 Å². The summed E-state index contributed by atoms with van der Waals surface area (Å²) >= 11 is 0. The Morgan fingerprint density at radius 3 is 1.54 bits per heavy atom. The van der Waals surface area contributed by atoms with Gasteiger partial charge in [-0.05, 0) is 43.9 Å². The van der Waals surface area contributed by atoms with Crippen molar-refractivity contribution in [2.45, 2.75) is 34.1 Å². The SMILES string of the molecule is C=C(C)C(=O)C(CO)C(CO)(C(=O)C(=C)C)C(CC)(CO)C(=O)C(=C)C. The van der Waals surface area contributed by atoms with E-state index in [4.69, 9.17) is 0 Å². The van der Waals surface area contributed by atoms with Gasteiger partial charge in [0, 0.05) is 0 Å². The summed E-state index contributed by atoms with van der Waals surface area (Å²) in [6, 6.07) is 0. The molecule has 0 saturated heterocycles. The van der Waals surface area contributed by atoms with Gasteiger partial charge in [0.05, 0.1) is 36.6 Å². The van der Waals surface area contributed by atoms with Crippen molar-refractivity contribution >= 4 is 17.3 Å². The van der Waals surface area contributed by atoms with Crippen LogP contribution in [-0.4, -0.2) is 52.5 Å². The van der Waals surface area contributed by atoms with Crippen molar-refractivity contribution in [3.05, 3.63) is 36.5 Å². The number of carbonyl (C=O) groups excluding carboxylic acids is 3. The van der Waals surface area contributed by atoms with Crippen LogP contribution in [0.2, 0.25) is 0 Å². The van der Waals surface area contributed by atoms with Crippen molar-refractivity contribution in [3.63, 3.8) is 0 Å². The highest BCUT2D eigenvalue weighted by Crippen LogP contribution is 2.51. The summed E-state index contributed by atoms with van der Waals surface area (Å²) in [5.74, 6) is -3.56. The Morgan fingerprint density at radius 1 is 0.846 bits per heavy atom. The maximum atomic E-state index is 13.2. The smallest absolute Gasteiger partial charge is 0.168 e. The highest BCUT2D eigenvalue weighted by Gasteiger charge is 2.63. The fourth-order valence-electron chi connectivity index (χ4n) is 3.59. The highest BCUT2D eigenvalue weighted by molar-refractivity contribution is 6.11. The summed E-state index contributed by atoms with van der Waals surface area (Å²) < 4.78 is 0. The van der Waals surface area contributed by atoms with Crippen molar-refractivity contribution in [1.29, 1.82) is 0 Å². The molecular formula is C20H30O6. The second-order valence-electron chi connectivity index (χ2n) is 6.82. The summed E-state index contributed by atoms with van der Waals surface area (Å²) in [7, 11) is 0. The molecule has 0 bridgehead atoms. The lowest BCUT2D eigenvalue weighted by Crippen LogP contribution is -2.63. The quantitative estimate of drug-likeness (QED) is 0.450. The Kier molecular flexibility index (Phi) is 8.50. The zero-order valence-corrected chi connectivity index (χ0v) is 16.1. The maximum Gasteiger partial charge on any atom is 0.168 e. The van der Waals surface area contributed by atoms with Crippen LogP contribution in [0.25, 0.3) is 0 Å². The van der Waals surface area contributed by atoms with Gasteiger partial charge in [0.1, 0.15) is 0 Å². The van der Waals surface area contributed by atoms with E-state index in [9.17, 15) is 29.7 Å². The van der Waals surface area contributed by atoms with Crippen LogP contribution in [0.4, 0.5) is 0 Å². The Morgan fingerprint density at radius 2 is 1.31 bits per heavy atom. The first-order chi connectivity index (χ1) is 11.9. The van der Waals surface area contributed by atoms with E-state index in [-0.39, 0.29) is 23.1 Å². The lowest BCUT2D eigenvalue weighted by molar-refractivity contribution is -0.168. The van der Waals surface area contributed by atoms with E-state index in [0.29, 0.717) is 0 Å². The number of hydrogen-bond donors (Lipinski definition) is 3. The second kappa shape index (κ2) is 9.16. The molecule has 0 rings (SSSR count). The van der Waals surface area contributed by atoms with Gasteiger partial charge in [-0.1, -0.05) is 26.7 Å². The number of aliphatic hydroxyl groups is 3. The highest BCUT2D eigenvalue weighted by atomic mass is 16.3. The molecule has 3 N–H and O–H groups in total. The first-order valence-electron chi connectivity index (χ1n) is 8.38. The number of ketones is 3. The lowest BCUT2D eigenvalue weighted by atomic mass is 9.50. The summed E-state index contributed by atoms with van der Waals surface area (Å²) in [6.45, 7) is 13.9. The second-order valence-corrected chi connectivity index (χ2v) is 6.82. The minimum absolute atomic E-state index is 0.00666. The van der Waals surface area contributed by atoms with Crippen LogP contribution in [0.5, 0.6) is 0 Å². The third-order valence-corrected chi connectivity index (χ3v) is 5.11. The van der Waals surface area contributed by atoms with Crippen LogP contribution >= 0.6 is 0 Å². The van der Waals surface area contributed by atoms with Crippen molar-refractivity contribution in [1.82, 2.24) is 0 Å². The van der Waals surface area contributed by atoms with Crippen LogP contribution in [0, 0.1) is 16.7 Å². The molecule has 0 saturated carbocycles. The first kappa shape index (κ1) is 24.1. The monoisotopic (exact) mass is 366 g/mol. The van der Waals surface area contributed by atoms with Gasteiger partial charge in [-0.25, -0.2) is 0 Å². The minimum atomic E-state index is -2.09. The normalized spacial score (nSPS) is 16.7. The van der Waals surface area contributed by atoms with Gasteiger partial charge < -0.3 is 15.3 Å². The molecule has 0 aromatic carbocycles. The molecule has 0 amide bonds. The molecule has 3 atom stereocenters. The Labute approximate surface area is 154 Å². The van der Waals surface area contributed by atoms with Crippen LogP contribution in [0.15, 0.2) is 36.5 Å². The maximum absolute atomic E-state index is 13.2. The molecule has 0 aromatic heterocycles. The molecule has 6 heteroatoms. The van der Waals surface area contributed by atoms with E-state index in [1.54, 1.807) is 6.92 Å². The summed E-state index contributed by atoms with van der Waals surface area (Å²) in [5, 5.41) is 30.4. The first-order valence-corrected chi connectivity index (χ1v) is 8.38. The molecule has 0 aliphatic heterocycles. The van der Waals surface area contributed by atoms with Gasteiger partial charge in [0.15, 0.2) is 17.3 Å². The van der Waals surface area contributed by atoms with E-state index in [2.05, 4.69) is 19.7 Å². The number of carbonyl (C=O) groups is 3. The number of rotatable bonds is 12. The van der Waals surface area contributed by atoms with E-state index in [0.717, 1.165) is 0 Å². The molecule has 0 aliphatic carbocycles. The fraction of sp³-hybridized carbons (Fsp3) is 0.550. The molecule has 0 spiro atoms. The third kappa shape index (κ3) is 3.63. The Bertz CT molecular complexity index is 626. The molecule has 6 nitrogen and oxygen atoms in total. The van der Waals surface area contributed by atoms with Crippen LogP contribution in [-0.2, 0) is 14.4 Å². The van der Waals surface area contributed by atoms with Crippen molar-refractivity contribution in [2.75, 3.05) is 19.8 Å². The summed E-state index contributed by atoms with van der Waals surface area (Å²) in [6.07, 6.45) is -0.0608. The van der Waals surface area contributed by atoms with Crippen molar-refractivity contribution in [3.8, 4) is 0 Å². The van der Waals surface area contributed by atoms with Gasteiger partial charge in [0.25, 0.3) is 0 Å². The zero-order chi connectivity index (χ0) is 20.9. The van der Waals surface area contributed by atoms with Gasteiger partial charge in [-0.15, -0.1) is 0 Å². The van der Waals surface area contributed by atoms with Gasteiger partial charge in [-0.2, -0.15) is 0 Å². The van der Waals surface area contributed by atoms with Crippen LogP contribution in [0.3, 0.4) is 0 Å². The topological polar surface area (TPSA) is 112 Å². The molecule has 0 heterocycles. The molecule has 0 aliphatic rings. The molecule has 146 valence electrons. The average molecular weight is 366 g/mol. The zero-order valence-electron chi connectivity index (χ0n) is 16.1. The Balaban J connectivity index is 7.21. The average Bonchev–Trinajstić information content (AvgIpc) is 2.60. The van der Waals surface area contributed by atoms with Crippen LogP contribution in [0.1, 0.15) is 34.1 Å². The van der Waals surface area contributed by atoms with E-state index >= 15 is 0 Å². The van der Waals surface area contributed by atoms with Gasteiger partial charge >= 0.3 is 0 Å². The van der Waals surface area contributed by atoms with Crippen molar-refractivity contribution < 1.29 is 29.7 Å². The molecule has 26 heavy (non-hydrogen) atoms. The third-order valence-electron chi connectivity index (χ3n) is 5.11. The standard InChI is InChI=1S/C20H30O6/c1-8-19(10-22,17(25)13(4)5)20(11-23,18(26)14(6)7)15(9-21)16(24)12(2)3/h15,21-23H,2,4,6,8-11H2,1,3,5,7H3. The predicted molar refractivity (Wildman–Crippen MR) is 99.4 cm³/mol. The van der Waals surface area contributed by atoms with E-state index in [1.807, 2.05) is 0 Å². The molecule has 0 aromatic rings. The van der Waals surface area contributed by atoms with E-state index < -0.39 is 53.9 Å².